The van der Waals surface area contributed by atoms with Crippen molar-refractivity contribution in [3.63, 3.8) is 0 Å². The zero-order chi connectivity index (χ0) is 19.5. The smallest absolute Gasteiger partial charge is 0.240 e. The Morgan fingerprint density at radius 2 is 1.58 bits per heavy atom. The molecule has 1 heterocycles. The number of hydrogen-bond donors (Lipinski definition) is 0. The highest BCUT2D eigenvalue weighted by Gasteiger charge is 2.22. The van der Waals surface area contributed by atoms with Crippen LogP contribution in [0.5, 0.6) is 0 Å². The lowest BCUT2D eigenvalue weighted by atomic mass is 10.2. The van der Waals surface area contributed by atoms with Gasteiger partial charge in [-0.05, 0) is 47.1 Å². The van der Waals surface area contributed by atoms with E-state index in [1.807, 2.05) is 55.5 Å². The summed E-state index contributed by atoms with van der Waals surface area (Å²) in [7, 11) is -4.94. The molecule has 0 bridgehead atoms. The zero-order valence-electron chi connectivity index (χ0n) is 14.0. The molecule has 0 saturated carbocycles. The van der Waals surface area contributed by atoms with E-state index < -0.39 is 10.2 Å². The van der Waals surface area contributed by atoms with Gasteiger partial charge in [-0.15, -0.1) is 10.2 Å². The van der Waals surface area contributed by atoms with E-state index in [9.17, 15) is 4.79 Å². The molecule has 138 valence electrons. The Balaban J connectivity index is 0.000000431. The maximum absolute atomic E-state index is 12.9. The summed E-state index contributed by atoms with van der Waals surface area (Å²) in [5.74, 6) is 0.924. The minimum absolute atomic E-state index is 0.0136. The van der Waals surface area contributed by atoms with Crippen LogP contribution in [0.15, 0.2) is 57.8 Å². The Bertz CT molecular complexity index is 979. The molecule has 9 heteroatoms. The lowest BCUT2D eigenvalue weighted by Gasteiger charge is -2.17. The molecule has 0 fully saturated rings. The standard InChI is InChI=1S/C17H16BrN2O.ClHO4/c1-3-19-12(2)20(16-11-7-5-9-14(16)18)17(21)13-8-4-6-10-15(13)19;2-1(3,4)5/h4-11H,3H2,1-2H3;(H,2,3,4,5)/q+1;/p-1. The molecule has 0 aliphatic heterocycles. The second-order valence-corrected chi connectivity index (χ2v) is 6.89. The molecule has 26 heavy (non-hydrogen) atoms. The van der Waals surface area contributed by atoms with Gasteiger partial charge in [-0.25, -0.2) is 28.0 Å². The van der Waals surface area contributed by atoms with Crippen LogP contribution in [0.1, 0.15) is 12.7 Å². The summed E-state index contributed by atoms with van der Waals surface area (Å²) in [5, 5.41) is 0.737. The molecule has 7 nitrogen and oxygen atoms in total. The van der Waals surface area contributed by atoms with Crippen molar-refractivity contribution in [1.29, 1.82) is 0 Å². The second-order valence-electron chi connectivity index (χ2n) is 5.28. The summed E-state index contributed by atoms with van der Waals surface area (Å²) in [6.45, 7) is 4.89. The number of aromatic nitrogens is 2. The number of benzene rings is 2. The summed E-state index contributed by atoms with van der Waals surface area (Å²) < 4.78 is 38.8. The van der Waals surface area contributed by atoms with E-state index in [1.165, 1.54) is 0 Å². The van der Waals surface area contributed by atoms with E-state index in [0.29, 0.717) is 0 Å². The van der Waals surface area contributed by atoms with Crippen LogP contribution in [0.4, 0.5) is 0 Å². The van der Waals surface area contributed by atoms with E-state index in [4.69, 9.17) is 18.6 Å². The molecule has 0 atom stereocenters. The third-order valence-electron chi connectivity index (χ3n) is 3.75. The first-order valence-corrected chi connectivity index (χ1v) is 9.58. The van der Waals surface area contributed by atoms with Crippen LogP contribution < -0.4 is 28.8 Å². The molecule has 1 aromatic heterocycles. The molecule has 3 rings (SSSR count). The molecule has 3 aromatic rings. The van der Waals surface area contributed by atoms with Crippen molar-refractivity contribution in [2.24, 2.45) is 0 Å². The zero-order valence-corrected chi connectivity index (χ0v) is 16.4. The van der Waals surface area contributed by atoms with Crippen molar-refractivity contribution in [3.05, 3.63) is 69.2 Å². The summed E-state index contributed by atoms with van der Waals surface area (Å²) in [6.07, 6.45) is 0. The van der Waals surface area contributed by atoms with E-state index in [1.54, 1.807) is 4.57 Å². The Morgan fingerprint density at radius 1 is 1.04 bits per heavy atom. The number of nitrogens with zero attached hydrogens (tertiary/aromatic N) is 2. The van der Waals surface area contributed by atoms with Gasteiger partial charge in [0.25, 0.3) is 5.82 Å². The van der Waals surface area contributed by atoms with Gasteiger partial charge in [-0.2, -0.15) is 4.57 Å². The van der Waals surface area contributed by atoms with Crippen LogP contribution in [0.25, 0.3) is 16.6 Å². The van der Waals surface area contributed by atoms with Crippen LogP contribution in [-0.2, 0) is 6.54 Å². The normalized spacial score (nSPS) is 11.2. The topological polar surface area (TPSA) is 118 Å². The molecule has 2 aromatic carbocycles. The second kappa shape index (κ2) is 8.26. The fraction of sp³-hybridized carbons (Fsp3) is 0.176. The van der Waals surface area contributed by atoms with Crippen LogP contribution >= 0.6 is 15.9 Å². The van der Waals surface area contributed by atoms with Crippen molar-refractivity contribution in [2.45, 2.75) is 20.4 Å². The van der Waals surface area contributed by atoms with Crippen LogP contribution in [0.2, 0.25) is 0 Å². The first-order valence-electron chi connectivity index (χ1n) is 7.56. The Kier molecular flexibility index (Phi) is 6.51. The third-order valence-corrected chi connectivity index (χ3v) is 4.42. The van der Waals surface area contributed by atoms with Crippen LogP contribution in [0, 0.1) is 17.2 Å². The number of rotatable bonds is 2. The maximum atomic E-state index is 12.9. The van der Waals surface area contributed by atoms with Gasteiger partial charge in [0.1, 0.15) is 16.6 Å². The van der Waals surface area contributed by atoms with Gasteiger partial charge in [0.15, 0.2) is 0 Å². The molecule has 0 spiro atoms. The average molecular weight is 444 g/mol. The van der Waals surface area contributed by atoms with E-state index in [-0.39, 0.29) is 5.56 Å². The predicted octanol–water partition coefficient (Wildman–Crippen LogP) is -1.39. The fourth-order valence-corrected chi connectivity index (χ4v) is 3.23. The van der Waals surface area contributed by atoms with Gasteiger partial charge < -0.3 is 0 Å². The van der Waals surface area contributed by atoms with Gasteiger partial charge in [0.2, 0.25) is 0 Å². The molecule has 0 aliphatic rings. The SMILES string of the molecule is CC[n+]1c(C)n(-c2ccccc2Br)c(=O)c2ccccc21.[O-][Cl+3]([O-])([O-])[O-]. The fourth-order valence-electron chi connectivity index (χ4n) is 2.77. The maximum Gasteiger partial charge on any atom is 0.350 e. The highest BCUT2D eigenvalue weighted by atomic mass is 79.9. The number of hydrogen-bond acceptors (Lipinski definition) is 5. The van der Waals surface area contributed by atoms with Gasteiger partial charge in [-0.3, -0.25) is 0 Å². The van der Waals surface area contributed by atoms with E-state index in [0.717, 1.165) is 33.4 Å². The first kappa shape index (κ1) is 20.5. The molecule has 0 aliphatic carbocycles. The van der Waals surface area contributed by atoms with Crippen molar-refractivity contribution in [1.82, 2.24) is 4.57 Å². The molecule has 0 unspecified atom stereocenters. The van der Waals surface area contributed by atoms with Crippen molar-refractivity contribution >= 4 is 26.8 Å². The number of aryl methyl sites for hydroxylation is 1. The minimum Gasteiger partial charge on any atom is -0.240 e. The third kappa shape index (κ3) is 4.67. The predicted molar refractivity (Wildman–Crippen MR) is 87.9 cm³/mol. The number of para-hydroxylation sites is 2. The summed E-state index contributed by atoms with van der Waals surface area (Å²) in [5.41, 5.74) is 1.86. The average Bonchev–Trinajstić information content (AvgIpc) is 2.56. The van der Waals surface area contributed by atoms with E-state index in [2.05, 4.69) is 27.4 Å². The van der Waals surface area contributed by atoms with Crippen molar-refractivity contribution in [2.75, 3.05) is 0 Å². The van der Waals surface area contributed by atoms with Crippen LogP contribution in [-0.4, -0.2) is 4.57 Å². The number of fused-ring (bicyclic) bond motifs is 1. The van der Waals surface area contributed by atoms with Gasteiger partial charge in [-0.1, -0.05) is 24.3 Å². The lowest BCUT2D eigenvalue weighted by molar-refractivity contribution is -2.00. The minimum atomic E-state index is -4.94. The highest BCUT2D eigenvalue weighted by molar-refractivity contribution is 9.10. The van der Waals surface area contributed by atoms with E-state index >= 15 is 0 Å². The summed E-state index contributed by atoms with van der Waals surface area (Å²) in [4.78, 5) is 12.9. The largest absolute Gasteiger partial charge is 0.350 e. The lowest BCUT2D eigenvalue weighted by Crippen LogP contribution is -2.68. The quantitative estimate of drug-likeness (QED) is 0.452. The summed E-state index contributed by atoms with van der Waals surface area (Å²) in [6, 6.07) is 15.5. The molecule has 0 saturated heterocycles. The highest BCUT2D eigenvalue weighted by Crippen LogP contribution is 2.20. The van der Waals surface area contributed by atoms with Gasteiger partial charge in [0, 0.05) is 6.92 Å². The molecular formula is C17H16BrClN2O5. The Hall–Kier alpha value is -1.81. The summed E-state index contributed by atoms with van der Waals surface area (Å²) >= 11 is 3.54. The molecule has 0 N–H and O–H groups in total. The molecule has 0 radical (unpaired) electrons. The van der Waals surface area contributed by atoms with Crippen molar-refractivity contribution in [3.8, 4) is 5.69 Å². The molecular weight excluding hydrogens is 428 g/mol. The van der Waals surface area contributed by atoms with Gasteiger partial charge in [0.05, 0.1) is 11.0 Å². The van der Waals surface area contributed by atoms with Gasteiger partial charge >= 0.3 is 5.56 Å². The molecule has 0 amide bonds. The number of halogens is 2. The first-order chi connectivity index (χ1) is 12.1. The Morgan fingerprint density at radius 3 is 2.15 bits per heavy atom. The van der Waals surface area contributed by atoms with Crippen molar-refractivity contribution < 1.29 is 33.4 Å². The Labute approximate surface area is 160 Å². The monoisotopic (exact) mass is 442 g/mol. The van der Waals surface area contributed by atoms with Crippen LogP contribution in [0.3, 0.4) is 0 Å².